The maximum Gasteiger partial charge on any atom is 0.295 e. The van der Waals surface area contributed by atoms with E-state index < -0.39 is 0 Å². The number of hydrogen-bond acceptors (Lipinski definition) is 4. The number of carbonyl (C=O) groups is 2. The van der Waals surface area contributed by atoms with E-state index in [1.165, 1.54) is 4.90 Å². The number of nitrogens with one attached hydrogen (secondary N) is 1. The molecule has 4 nitrogen and oxygen atoms in total. The van der Waals surface area contributed by atoms with Gasteiger partial charge in [-0.05, 0) is 48.5 Å². The monoisotopic (exact) mass is 402 g/mol. The second-order valence-electron chi connectivity index (χ2n) is 5.37. The fourth-order valence-corrected chi connectivity index (χ4v) is 3.46. The minimum atomic E-state index is -0.270. The Morgan fingerprint density at radius 1 is 1.17 bits per heavy atom. The molecule has 2 aromatic carbocycles. The Morgan fingerprint density at radius 2 is 1.92 bits per heavy atom. The molecule has 2 aromatic rings. The first-order chi connectivity index (χ1) is 11.5. The van der Waals surface area contributed by atoms with Gasteiger partial charge in [0.1, 0.15) is 0 Å². The van der Waals surface area contributed by atoms with Gasteiger partial charge in [-0.25, -0.2) is 0 Å². The van der Waals surface area contributed by atoms with Crippen LogP contribution in [0.4, 0.5) is 10.5 Å². The Morgan fingerprint density at radius 3 is 2.62 bits per heavy atom. The van der Waals surface area contributed by atoms with Crippen LogP contribution in [0.1, 0.15) is 11.1 Å². The van der Waals surface area contributed by atoms with Crippen LogP contribution in [-0.4, -0.2) is 22.7 Å². The van der Waals surface area contributed by atoms with Crippen molar-refractivity contribution in [1.82, 2.24) is 4.90 Å². The first kappa shape index (κ1) is 16.8. The van der Waals surface area contributed by atoms with Gasteiger partial charge in [0.2, 0.25) is 0 Å². The molecule has 3 rings (SSSR count). The summed E-state index contributed by atoms with van der Waals surface area (Å²) in [6, 6.07) is 15.4. The summed E-state index contributed by atoms with van der Waals surface area (Å²) in [5, 5.41) is 2.83. The van der Waals surface area contributed by atoms with Gasteiger partial charge in [0.05, 0.1) is 11.6 Å². The van der Waals surface area contributed by atoms with Crippen molar-refractivity contribution >= 4 is 50.6 Å². The van der Waals surface area contributed by atoms with E-state index in [9.17, 15) is 9.59 Å². The van der Waals surface area contributed by atoms with Gasteiger partial charge in [0.25, 0.3) is 11.1 Å². The number of thioether (sulfide) groups is 1. The van der Waals surface area contributed by atoms with Gasteiger partial charge < -0.3 is 5.32 Å². The Bertz CT molecular complexity index is 818. The van der Waals surface area contributed by atoms with Gasteiger partial charge in [0.15, 0.2) is 0 Å². The van der Waals surface area contributed by atoms with Crippen LogP contribution in [-0.2, 0) is 4.79 Å². The van der Waals surface area contributed by atoms with E-state index in [-0.39, 0.29) is 17.8 Å². The highest BCUT2D eigenvalue weighted by Crippen LogP contribution is 2.32. The van der Waals surface area contributed by atoms with Crippen LogP contribution in [0.3, 0.4) is 0 Å². The van der Waals surface area contributed by atoms with Crippen LogP contribution in [0.2, 0.25) is 0 Å². The molecule has 122 valence electrons. The van der Waals surface area contributed by atoms with Crippen LogP contribution in [0, 0.1) is 6.92 Å². The molecular weight excluding hydrogens is 388 g/mol. The second kappa shape index (κ2) is 7.23. The number of imide groups is 1. The smallest absolute Gasteiger partial charge is 0.295 e. The molecule has 1 aliphatic rings. The summed E-state index contributed by atoms with van der Waals surface area (Å²) in [6.07, 6.45) is 1.75. The molecule has 1 saturated heterocycles. The molecule has 0 saturated carbocycles. The first-order valence-corrected chi connectivity index (χ1v) is 8.95. The highest BCUT2D eigenvalue weighted by molar-refractivity contribution is 9.10. The average molecular weight is 403 g/mol. The van der Waals surface area contributed by atoms with Gasteiger partial charge in [0, 0.05) is 10.2 Å². The van der Waals surface area contributed by atoms with Crippen LogP contribution >= 0.6 is 27.7 Å². The highest BCUT2D eigenvalue weighted by atomic mass is 79.9. The summed E-state index contributed by atoms with van der Waals surface area (Å²) in [5.74, 6) is -0.270. The third kappa shape index (κ3) is 3.88. The Hall–Kier alpha value is -2.05. The highest BCUT2D eigenvalue weighted by Gasteiger charge is 2.34. The normalized spacial score (nSPS) is 16.1. The molecular formula is C18H15BrN2O2S. The number of hydrogen-bond donors (Lipinski definition) is 1. The molecule has 1 N–H and O–H groups in total. The zero-order valence-electron chi connectivity index (χ0n) is 13.0. The zero-order chi connectivity index (χ0) is 17.1. The lowest BCUT2D eigenvalue weighted by atomic mass is 10.1. The first-order valence-electron chi connectivity index (χ1n) is 7.34. The molecule has 0 aliphatic carbocycles. The van der Waals surface area contributed by atoms with Gasteiger partial charge in [-0.3, -0.25) is 14.5 Å². The number of rotatable bonds is 4. The van der Waals surface area contributed by atoms with E-state index in [0.29, 0.717) is 4.91 Å². The summed E-state index contributed by atoms with van der Waals surface area (Å²) < 4.78 is 0.931. The molecule has 0 bridgehead atoms. The molecule has 0 radical (unpaired) electrons. The maximum atomic E-state index is 12.4. The Labute approximate surface area is 153 Å². The molecule has 1 heterocycles. The van der Waals surface area contributed by atoms with Gasteiger partial charge in [-0.2, -0.15) is 0 Å². The number of amides is 2. The minimum absolute atomic E-state index is 0.145. The largest absolute Gasteiger partial charge is 0.367 e. The van der Waals surface area contributed by atoms with Crippen molar-refractivity contribution < 1.29 is 9.59 Å². The predicted molar refractivity (Wildman–Crippen MR) is 102 cm³/mol. The number of carbonyl (C=O) groups excluding carboxylic acids is 2. The van der Waals surface area contributed by atoms with Gasteiger partial charge in [-0.1, -0.05) is 51.8 Å². The van der Waals surface area contributed by atoms with Crippen LogP contribution in [0.25, 0.3) is 6.08 Å². The second-order valence-corrected chi connectivity index (χ2v) is 7.27. The SMILES string of the molecule is Cc1ccc(/C=C2/SC(=O)N(CNc3cccc(Br)c3)C2=O)cc1. The fourth-order valence-electron chi connectivity index (χ4n) is 2.22. The predicted octanol–water partition coefficient (Wildman–Crippen LogP) is 4.86. The molecule has 1 fully saturated rings. The van der Waals surface area contributed by atoms with Gasteiger partial charge >= 0.3 is 0 Å². The number of halogens is 1. The molecule has 0 unspecified atom stereocenters. The van der Waals surface area contributed by atoms with E-state index in [1.807, 2.05) is 55.5 Å². The maximum absolute atomic E-state index is 12.4. The molecule has 2 amide bonds. The van der Waals surface area contributed by atoms with Gasteiger partial charge in [-0.15, -0.1) is 0 Å². The van der Waals surface area contributed by atoms with Crippen molar-refractivity contribution in [3.8, 4) is 0 Å². The summed E-state index contributed by atoms with van der Waals surface area (Å²) in [4.78, 5) is 26.2. The van der Waals surface area contributed by atoms with Crippen LogP contribution < -0.4 is 5.32 Å². The van der Waals surface area contributed by atoms with Crippen molar-refractivity contribution in [1.29, 1.82) is 0 Å². The molecule has 0 aromatic heterocycles. The fraction of sp³-hybridized carbons (Fsp3) is 0.111. The third-order valence-corrected chi connectivity index (χ3v) is 4.92. The summed E-state index contributed by atoms with van der Waals surface area (Å²) in [7, 11) is 0. The van der Waals surface area contributed by atoms with E-state index in [0.717, 1.165) is 33.0 Å². The molecule has 1 aliphatic heterocycles. The molecule has 0 atom stereocenters. The average Bonchev–Trinajstić information content (AvgIpc) is 2.82. The summed E-state index contributed by atoms with van der Waals surface area (Å²) in [6.45, 7) is 2.15. The van der Waals surface area contributed by atoms with Crippen molar-refractivity contribution in [3.05, 3.63) is 69.0 Å². The quantitative estimate of drug-likeness (QED) is 0.741. The number of nitrogens with zero attached hydrogens (tertiary/aromatic N) is 1. The van der Waals surface area contributed by atoms with E-state index in [1.54, 1.807) is 6.08 Å². The van der Waals surface area contributed by atoms with Crippen molar-refractivity contribution in [3.63, 3.8) is 0 Å². The summed E-state index contributed by atoms with van der Waals surface area (Å²) >= 11 is 4.36. The molecule has 24 heavy (non-hydrogen) atoms. The zero-order valence-corrected chi connectivity index (χ0v) is 15.4. The molecule has 6 heteroatoms. The van der Waals surface area contributed by atoms with E-state index >= 15 is 0 Å². The lowest BCUT2D eigenvalue weighted by Gasteiger charge is -2.14. The standard InChI is InChI=1S/C18H15BrN2O2S/c1-12-5-7-13(8-6-12)9-16-17(22)21(18(23)24-16)11-20-15-4-2-3-14(19)10-15/h2-10,20H,11H2,1H3/b16-9+. The number of aryl methyl sites for hydroxylation is 1. The Kier molecular flexibility index (Phi) is 5.06. The topological polar surface area (TPSA) is 49.4 Å². The Balaban J connectivity index is 1.71. The number of benzene rings is 2. The van der Waals surface area contributed by atoms with Crippen LogP contribution in [0.5, 0.6) is 0 Å². The van der Waals surface area contributed by atoms with Crippen molar-refractivity contribution in [2.75, 3.05) is 12.0 Å². The third-order valence-electron chi connectivity index (χ3n) is 3.51. The van der Waals surface area contributed by atoms with Crippen LogP contribution in [0.15, 0.2) is 57.9 Å². The van der Waals surface area contributed by atoms with E-state index in [2.05, 4.69) is 21.2 Å². The van der Waals surface area contributed by atoms with E-state index in [4.69, 9.17) is 0 Å². The lowest BCUT2D eigenvalue weighted by Crippen LogP contribution is -2.33. The minimum Gasteiger partial charge on any atom is -0.367 e. The lowest BCUT2D eigenvalue weighted by molar-refractivity contribution is -0.122. The summed E-state index contributed by atoms with van der Waals surface area (Å²) in [5.41, 5.74) is 2.90. The number of anilines is 1. The molecule has 0 spiro atoms. The van der Waals surface area contributed by atoms with Crippen molar-refractivity contribution in [2.24, 2.45) is 0 Å². The van der Waals surface area contributed by atoms with Crippen molar-refractivity contribution in [2.45, 2.75) is 6.92 Å².